The summed E-state index contributed by atoms with van der Waals surface area (Å²) in [6, 6.07) is 16.0. The molecule has 18 heavy (non-hydrogen) atoms. The molecular weight excluding hydrogens is 294 g/mol. The van der Waals surface area contributed by atoms with Crippen LogP contribution in [-0.2, 0) is 4.79 Å². The smallest absolute Gasteiger partial charge is 0.257 e. The van der Waals surface area contributed by atoms with Crippen molar-refractivity contribution in [1.82, 2.24) is 0 Å². The van der Waals surface area contributed by atoms with Crippen LogP contribution in [0.5, 0.6) is 0 Å². The zero-order chi connectivity index (χ0) is 13.0. The zero-order valence-electron chi connectivity index (χ0n) is 9.51. The highest BCUT2D eigenvalue weighted by Gasteiger charge is 2.16. The molecule has 2 aromatic carbocycles. The van der Waals surface area contributed by atoms with E-state index in [1.807, 2.05) is 18.2 Å². The standard InChI is InChI=1S/C14H12BrNO2/c15-11-6-8-12(9-7-11)16-14(18)13(17)10-4-2-1-3-5-10/h1-9,13,17H,(H,16,18). The number of benzene rings is 2. The molecule has 0 aliphatic carbocycles. The first-order valence-corrected chi connectivity index (χ1v) is 6.25. The van der Waals surface area contributed by atoms with Gasteiger partial charge in [0.2, 0.25) is 0 Å². The number of halogens is 1. The van der Waals surface area contributed by atoms with E-state index >= 15 is 0 Å². The molecule has 0 fully saturated rings. The summed E-state index contributed by atoms with van der Waals surface area (Å²) in [7, 11) is 0. The first-order chi connectivity index (χ1) is 8.66. The number of aliphatic hydroxyl groups excluding tert-OH is 1. The fraction of sp³-hybridized carbons (Fsp3) is 0.0714. The molecular formula is C14H12BrNO2. The van der Waals surface area contributed by atoms with Gasteiger partial charge < -0.3 is 10.4 Å². The summed E-state index contributed by atoms with van der Waals surface area (Å²) in [6.07, 6.45) is -1.16. The van der Waals surface area contributed by atoms with Gasteiger partial charge in [0.1, 0.15) is 0 Å². The van der Waals surface area contributed by atoms with Gasteiger partial charge in [0, 0.05) is 10.2 Å². The zero-order valence-corrected chi connectivity index (χ0v) is 11.1. The van der Waals surface area contributed by atoms with E-state index < -0.39 is 12.0 Å². The number of amides is 1. The molecule has 1 atom stereocenters. The van der Waals surface area contributed by atoms with Gasteiger partial charge in [0.05, 0.1) is 0 Å². The Hall–Kier alpha value is -1.65. The van der Waals surface area contributed by atoms with Crippen LogP contribution in [0.25, 0.3) is 0 Å². The van der Waals surface area contributed by atoms with Crippen LogP contribution in [0.4, 0.5) is 5.69 Å². The fourth-order valence-corrected chi connectivity index (χ4v) is 1.79. The van der Waals surface area contributed by atoms with E-state index in [1.165, 1.54) is 0 Å². The van der Waals surface area contributed by atoms with Crippen LogP contribution < -0.4 is 5.32 Å². The highest BCUT2D eigenvalue weighted by Crippen LogP contribution is 2.17. The molecule has 92 valence electrons. The highest BCUT2D eigenvalue weighted by molar-refractivity contribution is 9.10. The van der Waals surface area contributed by atoms with Gasteiger partial charge in [0.15, 0.2) is 6.10 Å². The van der Waals surface area contributed by atoms with Gasteiger partial charge in [-0.25, -0.2) is 0 Å². The van der Waals surface area contributed by atoms with Crippen molar-refractivity contribution in [2.75, 3.05) is 5.32 Å². The molecule has 0 saturated heterocycles. The molecule has 2 rings (SSSR count). The molecule has 1 amide bonds. The first kappa shape index (κ1) is 12.8. The Labute approximate surface area is 114 Å². The third-order valence-corrected chi connectivity index (χ3v) is 3.00. The summed E-state index contributed by atoms with van der Waals surface area (Å²) in [5.74, 6) is -0.441. The summed E-state index contributed by atoms with van der Waals surface area (Å²) in [6.45, 7) is 0. The molecule has 2 N–H and O–H groups in total. The van der Waals surface area contributed by atoms with Gasteiger partial charge in [-0.3, -0.25) is 4.79 Å². The second-order valence-electron chi connectivity index (χ2n) is 3.81. The van der Waals surface area contributed by atoms with Gasteiger partial charge >= 0.3 is 0 Å². The van der Waals surface area contributed by atoms with Crippen molar-refractivity contribution in [2.24, 2.45) is 0 Å². The van der Waals surface area contributed by atoms with Crippen LogP contribution in [-0.4, -0.2) is 11.0 Å². The maximum absolute atomic E-state index is 11.8. The molecule has 1 unspecified atom stereocenters. The lowest BCUT2D eigenvalue weighted by atomic mass is 10.1. The van der Waals surface area contributed by atoms with Crippen molar-refractivity contribution in [3.63, 3.8) is 0 Å². The third-order valence-electron chi connectivity index (χ3n) is 2.48. The van der Waals surface area contributed by atoms with Crippen molar-refractivity contribution >= 4 is 27.5 Å². The number of aliphatic hydroxyl groups is 1. The molecule has 0 bridgehead atoms. The van der Waals surface area contributed by atoms with E-state index in [9.17, 15) is 9.90 Å². The Morgan fingerprint density at radius 2 is 1.67 bits per heavy atom. The minimum atomic E-state index is -1.16. The van der Waals surface area contributed by atoms with Crippen molar-refractivity contribution in [3.8, 4) is 0 Å². The molecule has 0 aromatic heterocycles. The average molecular weight is 306 g/mol. The maximum atomic E-state index is 11.8. The predicted octanol–water partition coefficient (Wildman–Crippen LogP) is 3.12. The van der Waals surface area contributed by atoms with Crippen LogP contribution in [0.15, 0.2) is 59.1 Å². The number of carbonyl (C=O) groups excluding carboxylic acids is 1. The maximum Gasteiger partial charge on any atom is 0.257 e. The molecule has 3 nitrogen and oxygen atoms in total. The van der Waals surface area contributed by atoms with Crippen LogP contribution >= 0.6 is 15.9 Å². The Balaban J connectivity index is 2.06. The third kappa shape index (κ3) is 3.18. The molecule has 0 aliphatic rings. The van der Waals surface area contributed by atoms with Gasteiger partial charge in [-0.2, -0.15) is 0 Å². The summed E-state index contributed by atoms with van der Waals surface area (Å²) >= 11 is 3.32. The molecule has 4 heteroatoms. The second-order valence-corrected chi connectivity index (χ2v) is 4.73. The van der Waals surface area contributed by atoms with E-state index in [0.29, 0.717) is 11.3 Å². The summed E-state index contributed by atoms with van der Waals surface area (Å²) < 4.78 is 0.934. The van der Waals surface area contributed by atoms with E-state index in [2.05, 4.69) is 21.2 Å². The van der Waals surface area contributed by atoms with E-state index in [4.69, 9.17) is 0 Å². The van der Waals surface area contributed by atoms with Crippen LogP contribution in [0.3, 0.4) is 0 Å². The minimum Gasteiger partial charge on any atom is -0.378 e. The molecule has 0 radical (unpaired) electrons. The van der Waals surface area contributed by atoms with Crippen LogP contribution in [0.2, 0.25) is 0 Å². The van der Waals surface area contributed by atoms with Gasteiger partial charge in [-0.15, -0.1) is 0 Å². The van der Waals surface area contributed by atoms with E-state index in [-0.39, 0.29) is 0 Å². The fourth-order valence-electron chi connectivity index (χ4n) is 1.53. The van der Waals surface area contributed by atoms with Gasteiger partial charge in [0.25, 0.3) is 5.91 Å². The van der Waals surface area contributed by atoms with Gasteiger partial charge in [-0.05, 0) is 29.8 Å². The molecule has 0 aliphatic heterocycles. The molecule has 0 saturated carbocycles. The van der Waals surface area contributed by atoms with Gasteiger partial charge in [-0.1, -0.05) is 46.3 Å². The molecule has 0 heterocycles. The van der Waals surface area contributed by atoms with Crippen molar-refractivity contribution in [1.29, 1.82) is 0 Å². The van der Waals surface area contributed by atoms with Crippen molar-refractivity contribution in [2.45, 2.75) is 6.10 Å². The molecule has 2 aromatic rings. The van der Waals surface area contributed by atoms with E-state index in [1.54, 1.807) is 36.4 Å². The van der Waals surface area contributed by atoms with E-state index in [0.717, 1.165) is 4.47 Å². The monoisotopic (exact) mass is 305 g/mol. The van der Waals surface area contributed by atoms with Crippen LogP contribution in [0, 0.1) is 0 Å². The molecule has 0 spiro atoms. The lowest BCUT2D eigenvalue weighted by Crippen LogP contribution is -2.20. The SMILES string of the molecule is O=C(Nc1ccc(Br)cc1)C(O)c1ccccc1. The Morgan fingerprint density at radius 1 is 1.06 bits per heavy atom. The highest BCUT2D eigenvalue weighted by atomic mass is 79.9. The number of carbonyl (C=O) groups is 1. The number of nitrogens with one attached hydrogen (secondary N) is 1. The minimum absolute atomic E-state index is 0.441. The lowest BCUT2D eigenvalue weighted by molar-refractivity contribution is -0.124. The Kier molecular flexibility index (Phi) is 4.12. The normalized spacial score (nSPS) is 11.9. The van der Waals surface area contributed by atoms with Crippen LogP contribution in [0.1, 0.15) is 11.7 Å². The van der Waals surface area contributed by atoms with Crippen molar-refractivity contribution in [3.05, 3.63) is 64.6 Å². The first-order valence-electron chi connectivity index (χ1n) is 5.46. The summed E-state index contributed by atoms with van der Waals surface area (Å²) in [4.78, 5) is 11.8. The summed E-state index contributed by atoms with van der Waals surface area (Å²) in [5, 5.41) is 12.5. The topological polar surface area (TPSA) is 49.3 Å². The number of hydrogen-bond donors (Lipinski definition) is 2. The number of rotatable bonds is 3. The number of hydrogen-bond acceptors (Lipinski definition) is 2. The predicted molar refractivity (Wildman–Crippen MR) is 74.2 cm³/mol. The largest absolute Gasteiger partial charge is 0.378 e. The van der Waals surface area contributed by atoms with Crippen molar-refractivity contribution < 1.29 is 9.90 Å². The second kappa shape index (κ2) is 5.80. The Bertz CT molecular complexity index is 525. The Morgan fingerprint density at radius 3 is 2.28 bits per heavy atom. The quantitative estimate of drug-likeness (QED) is 0.915. The summed E-state index contributed by atoms with van der Waals surface area (Å²) in [5.41, 5.74) is 1.23. The average Bonchev–Trinajstić information content (AvgIpc) is 2.41. The lowest BCUT2D eigenvalue weighted by Gasteiger charge is -2.11. The number of anilines is 1.